The van der Waals surface area contributed by atoms with E-state index in [1.807, 2.05) is 17.9 Å². The molecule has 144 valence electrons. The first-order valence-corrected chi connectivity index (χ1v) is 8.40. The van der Waals surface area contributed by atoms with Crippen LogP contribution in [0.3, 0.4) is 0 Å². The third kappa shape index (κ3) is 5.82. The van der Waals surface area contributed by atoms with Gasteiger partial charge in [0.25, 0.3) is 0 Å². The van der Waals surface area contributed by atoms with Crippen LogP contribution < -0.4 is 5.73 Å². The monoisotopic (exact) mass is 394 g/mol. The van der Waals surface area contributed by atoms with Crippen molar-refractivity contribution in [3.05, 3.63) is 17.5 Å². The van der Waals surface area contributed by atoms with Crippen LogP contribution in [0.2, 0.25) is 0 Å². The first kappa shape index (κ1) is 22.2. The maximum absolute atomic E-state index is 12.6. The van der Waals surface area contributed by atoms with Gasteiger partial charge in [0.1, 0.15) is 5.76 Å². The number of hydrogen-bond donors (Lipinski definition) is 1. The van der Waals surface area contributed by atoms with Gasteiger partial charge in [-0.05, 0) is 25.7 Å². The smallest absolute Gasteiger partial charge is 0.239 e. The van der Waals surface area contributed by atoms with E-state index >= 15 is 0 Å². The highest BCUT2D eigenvalue weighted by molar-refractivity contribution is 5.85. The van der Waals surface area contributed by atoms with Gasteiger partial charge in [-0.1, -0.05) is 5.16 Å². The van der Waals surface area contributed by atoms with Crippen LogP contribution in [0.15, 0.2) is 10.6 Å². The number of nitrogens with zero attached hydrogens (tertiary/aromatic N) is 3. The summed E-state index contributed by atoms with van der Waals surface area (Å²) in [6, 6.07) is 1.57. The molecule has 1 aromatic heterocycles. The quantitative estimate of drug-likeness (QED) is 0.826. The summed E-state index contributed by atoms with van der Waals surface area (Å²) < 4.78 is 10.4. The van der Waals surface area contributed by atoms with Crippen LogP contribution in [0.5, 0.6) is 0 Å². The number of aromatic nitrogens is 1. The Morgan fingerprint density at radius 2 is 1.92 bits per heavy atom. The molecule has 1 aromatic rings. The van der Waals surface area contributed by atoms with Gasteiger partial charge in [-0.2, -0.15) is 0 Å². The molecule has 2 aliphatic heterocycles. The average molecular weight is 395 g/mol. The van der Waals surface area contributed by atoms with Gasteiger partial charge in [0, 0.05) is 52.0 Å². The Kier molecular flexibility index (Phi) is 9.16. The summed E-state index contributed by atoms with van der Waals surface area (Å²) >= 11 is 0. The molecule has 0 aliphatic carbocycles. The van der Waals surface area contributed by atoms with Crippen molar-refractivity contribution in [2.75, 3.05) is 39.4 Å². The molecule has 0 spiro atoms. The molecule has 1 atom stereocenters. The van der Waals surface area contributed by atoms with E-state index in [1.54, 1.807) is 0 Å². The summed E-state index contributed by atoms with van der Waals surface area (Å²) in [6.07, 6.45) is 1.77. The fraction of sp³-hybridized carbons (Fsp3) is 0.750. The van der Waals surface area contributed by atoms with Crippen LogP contribution in [0.4, 0.5) is 0 Å². The zero-order valence-corrected chi connectivity index (χ0v) is 16.2. The number of amides is 1. The number of rotatable bonds is 4. The molecule has 0 bridgehead atoms. The first-order valence-electron chi connectivity index (χ1n) is 8.40. The van der Waals surface area contributed by atoms with E-state index in [1.165, 1.54) is 0 Å². The van der Waals surface area contributed by atoms with E-state index in [-0.39, 0.29) is 42.7 Å². The maximum Gasteiger partial charge on any atom is 0.239 e. The lowest BCUT2D eigenvalue weighted by Crippen LogP contribution is -2.55. The number of nitrogens with two attached hydrogens (primary N) is 1. The summed E-state index contributed by atoms with van der Waals surface area (Å²) in [6.45, 7) is 7.25. The van der Waals surface area contributed by atoms with Crippen LogP contribution in [0.1, 0.15) is 24.3 Å². The second-order valence-corrected chi connectivity index (χ2v) is 6.51. The Balaban J connectivity index is 0.00000156. The number of aryl methyl sites for hydroxylation is 1. The van der Waals surface area contributed by atoms with E-state index in [4.69, 9.17) is 15.0 Å². The maximum atomic E-state index is 12.6. The van der Waals surface area contributed by atoms with Crippen LogP contribution in [0, 0.1) is 12.8 Å². The van der Waals surface area contributed by atoms with Crippen molar-refractivity contribution >= 4 is 30.7 Å². The van der Waals surface area contributed by atoms with Gasteiger partial charge in [0.15, 0.2) is 0 Å². The fourth-order valence-electron chi connectivity index (χ4n) is 3.34. The molecule has 2 aliphatic rings. The number of hydrogen-bond acceptors (Lipinski definition) is 6. The molecule has 3 rings (SSSR count). The molecule has 2 saturated heterocycles. The van der Waals surface area contributed by atoms with Gasteiger partial charge in [0.2, 0.25) is 5.91 Å². The Labute approximate surface area is 161 Å². The Hall–Kier alpha value is -0.860. The van der Waals surface area contributed by atoms with E-state index in [9.17, 15) is 4.79 Å². The number of ether oxygens (including phenoxy) is 1. The van der Waals surface area contributed by atoms with Gasteiger partial charge >= 0.3 is 0 Å². The van der Waals surface area contributed by atoms with Crippen molar-refractivity contribution < 1.29 is 14.1 Å². The van der Waals surface area contributed by atoms with Crippen molar-refractivity contribution in [3.8, 4) is 0 Å². The molecule has 1 amide bonds. The molecule has 2 N–H and O–H groups in total. The molecule has 0 aromatic carbocycles. The van der Waals surface area contributed by atoms with Crippen LogP contribution in [-0.4, -0.2) is 66.3 Å². The molecule has 9 heteroatoms. The number of halogens is 2. The first-order chi connectivity index (χ1) is 11.1. The van der Waals surface area contributed by atoms with Gasteiger partial charge < -0.3 is 19.9 Å². The lowest BCUT2D eigenvalue weighted by molar-refractivity contribution is -0.136. The molecule has 2 fully saturated rings. The molecular formula is C16H28Cl2N4O3. The normalized spacial score (nSPS) is 20.5. The fourth-order valence-corrected chi connectivity index (χ4v) is 3.34. The summed E-state index contributed by atoms with van der Waals surface area (Å²) in [5.74, 6) is 1.18. The third-order valence-electron chi connectivity index (χ3n) is 4.81. The highest BCUT2D eigenvalue weighted by Crippen LogP contribution is 2.19. The van der Waals surface area contributed by atoms with Crippen molar-refractivity contribution in [3.63, 3.8) is 0 Å². The molecule has 1 unspecified atom stereocenters. The average Bonchev–Trinajstić information content (AvgIpc) is 3.00. The zero-order chi connectivity index (χ0) is 16.2. The van der Waals surface area contributed by atoms with Crippen LogP contribution in [0.25, 0.3) is 0 Å². The molecule has 25 heavy (non-hydrogen) atoms. The summed E-state index contributed by atoms with van der Waals surface area (Å²) in [5, 5.41) is 4.02. The molecular weight excluding hydrogens is 367 g/mol. The molecule has 0 saturated carbocycles. The van der Waals surface area contributed by atoms with Gasteiger partial charge in [0.05, 0.1) is 11.7 Å². The lowest BCUT2D eigenvalue weighted by Gasteiger charge is -2.37. The van der Waals surface area contributed by atoms with E-state index < -0.39 is 0 Å². The predicted octanol–water partition coefficient (Wildman–Crippen LogP) is 1.22. The predicted molar refractivity (Wildman–Crippen MR) is 99.1 cm³/mol. The number of carbonyl (C=O) groups is 1. The Bertz CT molecular complexity index is 529. The second kappa shape index (κ2) is 10.3. The van der Waals surface area contributed by atoms with Crippen molar-refractivity contribution in [1.82, 2.24) is 15.0 Å². The van der Waals surface area contributed by atoms with Crippen LogP contribution in [-0.2, 0) is 16.1 Å². The SMILES string of the molecule is Cc1cc(CN2CCN(C(=O)C(N)C3CCOCC3)CC2)no1.Cl.Cl. The largest absolute Gasteiger partial charge is 0.381 e. The third-order valence-corrected chi connectivity index (χ3v) is 4.81. The van der Waals surface area contributed by atoms with E-state index in [0.29, 0.717) is 0 Å². The Morgan fingerprint density at radius 3 is 2.48 bits per heavy atom. The summed E-state index contributed by atoms with van der Waals surface area (Å²) in [7, 11) is 0. The molecule has 7 nitrogen and oxygen atoms in total. The van der Waals surface area contributed by atoms with Gasteiger partial charge in [-0.15, -0.1) is 24.8 Å². The highest BCUT2D eigenvalue weighted by atomic mass is 35.5. The van der Waals surface area contributed by atoms with Gasteiger partial charge in [-0.3, -0.25) is 9.69 Å². The lowest BCUT2D eigenvalue weighted by atomic mass is 9.91. The number of piperazine rings is 1. The topological polar surface area (TPSA) is 84.8 Å². The minimum absolute atomic E-state index is 0. The minimum Gasteiger partial charge on any atom is -0.381 e. The van der Waals surface area contributed by atoms with Crippen LogP contribution >= 0.6 is 24.8 Å². The van der Waals surface area contributed by atoms with Crippen molar-refractivity contribution in [1.29, 1.82) is 0 Å². The zero-order valence-electron chi connectivity index (χ0n) is 14.6. The van der Waals surface area contributed by atoms with Crippen molar-refractivity contribution in [2.45, 2.75) is 32.4 Å². The summed E-state index contributed by atoms with van der Waals surface area (Å²) in [4.78, 5) is 16.8. The minimum atomic E-state index is -0.386. The molecule has 0 radical (unpaired) electrons. The molecule has 3 heterocycles. The Morgan fingerprint density at radius 1 is 1.28 bits per heavy atom. The van der Waals surface area contributed by atoms with E-state index in [0.717, 1.165) is 70.2 Å². The second-order valence-electron chi connectivity index (χ2n) is 6.51. The van der Waals surface area contributed by atoms with Crippen molar-refractivity contribution in [2.24, 2.45) is 11.7 Å². The number of carbonyl (C=O) groups excluding carboxylic acids is 1. The van der Waals surface area contributed by atoms with E-state index in [2.05, 4.69) is 10.1 Å². The standard InChI is InChI=1S/C16H26N4O3.2ClH/c1-12-10-14(18-23-12)11-19-4-6-20(7-5-19)16(21)15(17)13-2-8-22-9-3-13;;/h10,13,15H,2-9,11,17H2,1H3;2*1H. The summed E-state index contributed by atoms with van der Waals surface area (Å²) in [5.41, 5.74) is 7.15. The van der Waals surface area contributed by atoms with Gasteiger partial charge in [-0.25, -0.2) is 0 Å². The highest BCUT2D eigenvalue weighted by Gasteiger charge is 2.31.